The molecule has 1 aliphatic heterocycles. The number of likely N-dealkylation sites (N-methyl/N-ethyl adjacent to an activating group) is 1. The molecule has 1 heterocycles. The second-order valence-corrected chi connectivity index (χ2v) is 2.98. The number of nitrogens with zero attached hydrogens (tertiary/aromatic N) is 1. The van der Waals surface area contributed by atoms with Gasteiger partial charge in [-0.15, -0.1) is 0 Å². The van der Waals surface area contributed by atoms with Crippen molar-refractivity contribution in [2.45, 2.75) is 67.9 Å². The molecular formula is C14H33N. The largest absolute Gasteiger partial charge is 0.300 e. The molecule has 1 atom stereocenters. The zero-order valence-corrected chi connectivity index (χ0v) is 12.5. The van der Waals surface area contributed by atoms with E-state index in [1.165, 1.54) is 13.0 Å². The maximum atomic E-state index is 2.37. The Labute approximate surface area is 98.6 Å². The van der Waals surface area contributed by atoms with Gasteiger partial charge in [0.05, 0.1) is 0 Å². The molecule has 1 aliphatic rings. The lowest BCUT2D eigenvalue weighted by molar-refractivity contribution is 0.285. The maximum Gasteiger partial charge on any atom is 0.0249 e. The van der Waals surface area contributed by atoms with Crippen LogP contribution >= 0.6 is 0 Å². The quantitative estimate of drug-likeness (QED) is 0.528. The Morgan fingerprint density at radius 3 is 1.73 bits per heavy atom. The number of hydrogen-bond acceptors (Lipinski definition) is 1. The Hall–Kier alpha value is -0.300. The summed E-state index contributed by atoms with van der Waals surface area (Å²) >= 11 is 0. The van der Waals surface area contributed by atoms with Gasteiger partial charge in [-0.25, -0.2) is 0 Å². The van der Waals surface area contributed by atoms with E-state index in [1.807, 2.05) is 41.5 Å². The van der Waals surface area contributed by atoms with Crippen LogP contribution in [0.2, 0.25) is 0 Å². The molecule has 0 aromatic carbocycles. The summed E-state index contributed by atoms with van der Waals surface area (Å²) in [6.07, 6.45) is 3.59. The van der Waals surface area contributed by atoms with Crippen molar-refractivity contribution in [3.05, 3.63) is 11.6 Å². The van der Waals surface area contributed by atoms with Gasteiger partial charge in [-0.2, -0.15) is 0 Å². The molecule has 0 radical (unpaired) electrons. The first-order valence-electron chi connectivity index (χ1n) is 6.57. The average molecular weight is 215 g/mol. The highest BCUT2D eigenvalue weighted by Gasteiger charge is 2.10. The molecule has 0 N–H and O–H groups in total. The normalized spacial score (nSPS) is 19.3. The zero-order chi connectivity index (χ0) is 12.9. The number of hydrogen-bond donors (Lipinski definition) is 0. The van der Waals surface area contributed by atoms with Crippen LogP contribution in [0.5, 0.6) is 0 Å². The Morgan fingerprint density at radius 2 is 1.47 bits per heavy atom. The summed E-state index contributed by atoms with van der Waals surface area (Å²) in [4.78, 5) is 2.37. The van der Waals surface area contributed by atoms with Crippen LogP contribution in [0.3, 0.4) is 0 Å². The van der Waals surface area contributed by atoms with Crippen LogP contribution in [0.25, 0.3) is 0 Å². The summed E-state index contributed by atoms with van der Waals surface area (Å²) in [5, 5.41) is 0. The minimum atomic E-state index is 0.652. The summed E-state index contributed by atoms with van der Waals surface area (Å²) < 4.78 is 0. The Balaban J connectivity index is -0.000000208. The third kappa shape index (κ3) is 11.6. The maximum absolute atomic E-state index is 2.37. The predicted molar refractivity (Wildman–Crippen MR) is 74.5 cm³/mol. The van der Waals surface area contributed by atoms with Crippen LogP contribution in [-0.4, -0.2) is 24.5 Å². The van der Waals surface area contributed by atoms with E-state index in [0.29, 0.717) is 6.04 Å². The van der Waals surface area contributed by atoms with E-state index >= 15 is 0 Å². The molecule has 0 aromatic rings. The van der Waals surface area contributed by atoms with E-state index < -0.39 is 0 Å². The second-order valence-electron chi connectivity index (χ2n) is 2.98. The first kappa shape index (κ1) is 20.2. The fourth-order valence-corrected chi connectivity index (χ4v) is 1.18. The number of rotatable bonds is 0. The molecule has 0 amide bonds. The van der Waals surface area contributed by atoms with Crippen molar-refractivity contribution in [2.75, 3.05) is 13.6 Å². The van der Waals surface area contributed by atoms with Gasteiger partial charge in [0.25, 0.3) is 0 Å². The third-order valence-corrected chi connectivity index (χ3v) is 2.08. The van der Waals surface area contributed by atoms with Crippen molar-refractivity contribution in [1.82, 2.24) is 4.90 Å². The highest BCUT2D eigenvalue weighted by atomic mass is 15.1. The van der Waals surface area contributed by atoms with Crippen LogP contribution in [0, 0.1) is 0 Å². The predicted octanol–water partition coefficient (Wildman–Crippen LogP) is 4.74. The van der Waals surface area contributed by atoms with E-state index in [-0.39, 0.29) is 0 Å². The Kier molecular flexibility index (Phi) is 21.7. The lowest BCUT2D eigenvalue weighted by Crippen LogP contribution is -2.31. The molecule has 0 unspecified atom stereocenters. The fraction of sp³-hybridized carbons (Fsp3) is 0.857. The summed E-state index contributed by atoms with van der Waals surface area (Å²) in [5.41, 5.74) is 1.54. The SMILES string of the molecule is CC.CC.CC.CC1=C[C@H](C)N(C)CC1. The molecule has 0 saturated heterocycles. The van der Waals surface area contributed by atoms with Gasteiger partial charge >= 0.3 is 0 Å². The van der Waals surface area contributed by atoms with Gasteiger partial charge in [0, 0.05) is 12.6 Å². The van der Waals surface area contributed by atoms with Crippen molar-refractivity contribution in [3.8, 4) is 0 Å². The zero-order valence-electron chi connectivity index (χ0n) is 12.5. The minimum Gasteiger partial charge on any atom is -0.300 e. The molecule has 0 aliphatic carbocycles. The van der Waals surface area contributed by atoms with Gasteiger partial charge in [0.1, 0.15) is 0 Å². The molecule has 0 spiro atoms. The van der Waals surface area contributed by atoms with Crippen molar-refractivity contribution >= 4 is 0 Å². The highest BCUT2D eigenvalue weighted by molar-refractivity contribution is 5.07. The van der Waals surface area contributed by atoms with Crippen LogP contribution in [0.1, 0.15) is 61.8 Å². The molecule has 0 bridgehead atoms. The third-order valence-electron chi connectivity index (χ3n) is 2.08. The molecule has 15 heavy (non-hydrogen) atoms. The summed E-state index contributed by atoms with van der Waals surface area (Å²) in [6, 6.07) is 0.652. The monoisotopic (exact) mass is 215 g/mol. The van der Waals surface area contributed by atoms with Gasteiger partial charge in [-0.1, -0.05) is 53.2 Å². The van der Waals surface area contributed by atoms with Crippen molar-refractivity contribution in [2.24, 2.45) is 0 Å². The van der Waals surface area contributed by atoms with E-state index in [2.05, 4.69) is 31.9 Å². The van der Waals surface area contributed by atoms with Crippen LogP contribution in [0.15, 0.2) is 11.6 Å². The first-order chi connectivity index (χ1) is 7.20. The van der Waals surface area contributed by atoms with E-state index in [9.17, 15) is 0 Å². The van der Waals surface area contributed by atoms with Crippen LogP contribution in [-0.2, 0) is 0 Å². The minimum absolute atomic E-state index is 0.652. The van der Waals surface area contributed by atoms with Gasteiger partial charge in [0.2, 0.25) is 0 Å². The van der Waals surface area contributed by atoms with Crippen molar-refractivity contribution in [3.63, 3.8) is 0 Å². The van der Waals surface area contributed by atoms with Gasteiger partial charge in [0.15, 0.2) is 0 Å². The van der Waals surface area contributed by atoms with E-state index in [4.69, 9.17) is 0 Å². The van der Waals surface area contributed by atoms with Crippen molar-refractivity contribution in [1.29, 1.82) is 0 Å². The van der Waals surface area contributed by atoms with Crippen LogP contribution in [0.4, 0.5) is 0 Å². The lowest BCUT2D eigenvalue weighted by atomic mass is 10.1. The summed E-state index contributed by atoms with van der Waals surface area (Å²) in [7, 11) is 2.17. The highest BCUT2D eigenvalue weighted by Crippen LogP contribution is 2.12. The Morgan fingerprint density at radius 1 is 1.07 bits per heavy atom. The molecule has 1 nitrogen and oxygen atoms in total. The molecule has 0 saturated carbocycles. The Bertz CT molecular complexity index is 127. The fourth-order valence-electron chi connectivity index (χ4n) is 1.18. The standard InChI is InChI=1S/C8H15N.3C2H6/c1-7-4-5-9(3)8(2)6-7;3*1-2/h6,8H,4-5H2,1-3H3;3*1-2H3/t8-;;;/m0.../s1. The summed E-state index contributed by atoms with van der Waals surface area (Å²) in [5.74, 6) is 0. The molecule has 1 rings (SSSR count). The molecular weight excluding hydrogens is 182 g/mol. The van der Waals surface area contributed by atoms with E-state index in [0.717, 1.165) is 0 Å². The molecule has 0 aromatic heterocycles. The summed E-state index contributed by atoms with van der Waals surface area (Å²) in [6.45, 7) is 17.7. The molecule has 0 fully saturated rings. The molecule has 94 valence electrons. The van der Waals surface area contributed by atoms with Gasteiger partial charge in [-0.05, 0) is 27.3 Å². The first-order valence-corrected chi connectivity index (χ1v) is 6.57. The smallest absolute Gasteiger partial charge is 0.0249 e. The average Bonchev–Trinajstić information content (AvgIpc) is 2.32. The van der Waals surface area contributed by atoms with Crippen molar-refractivity contribution < 1.29 is 0 Å². The second kappa shape index (κ2) is 16.1. The lowest BCUT2D eigenvalue weighted by Gasteiger charge is -2.27. The van der Waals surface area contributed by atoms with Gasteiger partial charge < -0.3 is 0 Å². The van der Waals surface area contributed by atoms with Gasteiger partial charge in [-0.3, -0.25) is 4.90 Å². The molecule has 1 heteroatoms. The van der Waals surface area contributed by atoms with Crippen LogP contribution < -0.4 is 0 Å². The topological polar surface area (TPSA) is 3.24 Å². The van der Waals surface area contributed by atoms with E-state index in [1.54, 1.807) is 5.57 Å².